The van der Waals surface area contributed by atoms with E-state index in [1.165, 1.54) is 6.92 Å². The lowest BCUT2D eigenvalue weighted by Crippen LogP contribution is -2.50. The van der Waals surface area contributed by atoms with Crippen molar-refractivity contribution in [2.45, 2.75) is 52.4 Å². The van der Waals surface area contributed by atoms with Crippen molar-refractivity contribution in [3.8, 4) is 5.75 Å². The molecule has 3 atom stereocenters. The third-order valence-corrected chi connectivity index (χ3v) is 4.59. The van der Waals surface area contributed by atoms with Gasteiger partial charge in [-0.25, -0.2) is 0 Å². The minimum atomic E-state index is -1.28. The molecule has 0 fully saturated rings. The molecule has 188 valence electrons. The van der Waals surface area contributed by atoms with Gasteiger partial charge in [0, 0.05) is 38.6 Å². The van der Waals surface area contributed by atoms with Gasteiger partial charge in [0.05, 0.1) is 13.2 Å². The lowest BCUT2D eigenvalue weighted by molar-refractivity contribution is -0.184. The van der Waals surface area contributed by atoms with Crippen LogP contribution in [0.25, 0.3) is 0 Å². The topological polar surface area (TPSA) is 144 Å². The molecule has 1 aromatic carbocycles. The molecule has 1 rings (SSSR count). The smallest absolute Gasteiger partial charge is 0.303 e. The largest absolute Gasteiger partial charge is 0.484 e. The maximum Gasteiger partial charge on any atom is 0.303 e. The van der Waals surface area contributed by atoms with E-state index in [0.717, 1.165) is 25.2 Å². The van der Waals surface area contributed by atoms with E-state index in [-0.39, 0.29) is 26.2 Å². The average Bonchev–Trinajstić information content (AvgIpc) is 2.73. The van der Waals surface area contributed by atoms with Crippen molar-refractivity contribution in [3.05, 3.63) is 28.7 Å². The molecule has 0 bridgehead atoms. The number of esters is 4. The van der Waals surface area contributed by atoms with Gasteiger partial charge < -0.3 is 29.0 Å². The van der Waals surface area contributed by atoms with Gasteiger partial charge in [0.2, 0.25) is 0 Å². The molecule has 0 saturated carbocycles. The third kappa shape index (κ3) is 12.2. The predicted molar refractivity (Wildman–Crippen MR) is 121 cm³/mol. The van der Waals surface area contributed by atoms with Gasteiger partial charge in [0.1, 0.15) is 11.9 Å². The van der Waals surface area contributed by atoms with E-state index >= 15 is 0 Å². The Morgan fingerprint density at radius 3 is 1.91 bits per heavy atom. The van der Waals surface area contributed by atoms with Gasteiger partial charge >= 0.3 is 23.9 Å². The first kappa shape index (κ1) is 28.9. The van der Waals surface area contributed by atoms with Crippen LogP contribution in [0.4, 0.5) is 0 Å². The van der Waals surface area contributed by atoms with Gasteiger partial charge in [-0.2, -0.15) is 0 Å². The van der Waals surface area contributed by atoms with E-state index in [9.17, 15) is 24.0 Å². The van der Waals surface area contributed by atoms with Gasteiger partial charge in [0.15, 0.2) is 18.8 Å². The van der Waals surface area contributed by atoms with Gasteiger partial charge in [-0.05, 0) is 24.3 Å². The Hall–Kier alpha value is -3.15. The number of nitrogens with one attached hydrogen (secondary N) is 1. The third-order valence-electron chi connectivity index (χ3n) is 4.06. The van der Waals surface area contributed by atoms with Gasteiger partial charge in [-0.15, -0.1) is 0 Å². The summed E-state index contributed by atoms with van der Waals surface area (Å²) in [4.78, 5) is 58.4. The summed E-state index contributed by atoms with van der Waals surface area (Å²) in [5.74, 6) is -2.78. The molecule has 1 amide bonds. The van der Waals surface area contributed by atoms with Crippen LogP contribution >= 0.6 is 15.9 Å². The summed E-state index contributed by atoms with van der Waals surface area (Å²) >= 11 is 3.30. The lowest BCUT2D eigenvalue weighted by Gasteiger charge is -2.32. The van der Waals surface area contributed by atoms with Crippen LogP contribution in [0.15, 0.2) is 28.7 Å². The second-order valence-corrected chi connectivity index (χ2v) is 7.96. The first-order valence-corrected chi connectivity index (χ1v) is 11.1. The average molecular weight is 546 g/mol. The zero-order valence-corrected chi connectivity index (χ0v) is 20.9. The van der Waals surface area contributed by atoms with Crippen LogP contribution in [0.3, 0.4) is 0 Å². The molecule has 1 N–H and O–H groups in total. The summed E-state index contributed by atoms with van der Waals surface area (Å²) < 4.78 is 26.9. The van der Waals surface area contributed by atoms with Crippen molar-refractivity contribution in [3.63, 3.8) is 0 Å². The summed E-state index contributed by atoms with van der Waals surface area (Å²) in [5.41, 5.74) is 0. The van der Waals surface area contributed by atoms with Gasteiger partial charge in [-0.3, -0.25) is 24.0 Å². The fourth-order valence-corrected chi connectivity index (χ4v) is 3.05. The molecule has 12 heteroatoms. The number of hydrogen-bond acceptors (Lipinski definition) is 10. The van der Waals surface area contributed by atoms with Crippen molar-refractivity contribution in [2.75, 3.05) is 19.8 Å². The van der Waals surface area contributed by atoms with Crippen LogP contribution in [-0.2, 0) is 42.9 Å². The highest BCUT2D eigenvalue weighted by Crippen LogP contribution is 2.18. The molecule has 0 aliphatic carbocycles. The second-order valence-electron chi connectivity index (χ2n) is 7.05. The maximum absolute atomic E-state index is 12.3. The summed E-state index contributed by atoms with van der Waals surface area (Å²) in [6, 6.07) is 6.84. The highest BCUT2D eigenvalue weighted by atomic mass is 79.9. The molecule has 0 radical (unpaired) electrons. The van der Waals surface area contributed by atoms with E-state index < -0.39 is 48.1 Å². The van der Waals surface area contributed by atoms with Crippen molar-refractivity contribution in [1.29, 1.82) is 0 Å². The first-order chi connectivity index (χ1) is 16.0. The quantitative estimate of drug-likeness (QED) is 0.287. The molecule has 0 spiro atoms. The van der Waals surface area contributed by atoms with Crippen LogP contribution in [-0.4, -0.2) is 67.9 Å². The molecular weight excluding hydrogens is 518 g/mol. The normalized spacial score (nSPS) is 13.0. The zero-order valence-electron chi connectivity index (χ0n) is 19.3. The molecule has 0 aliphatic rings. The van der Waals surface area contributed by atoms with Crippen molar-refractivity contribution >= 4 is 45.7 Å². The Labute approximate surface area is 205 Å². The number of halogens is 1. The van der Waals surface area contributed by atoms with E-state index in [2.05, 4.69) is 21.2 Å². The monoisotopic (exact) mass is 545 g/mol. The van der Waals surface area contributed by atoms with Crippen molar-refractivity contribution in [1.82, 2.24) is 5.32 Å². The summed E-state index contributed by atoms with van der Waals surface area (Å²) in [6.07, 6.45) is -3.66. The summed E-state index contributed by atoms with van der Waals surface area (Å²) in [5, 5.41) is 2.54. The molecule has 0 heterocycles. The Bertz CT molecular complexity index is 858. The number of rotatable bonds is 13. The van der Waals surface area contributed by atoms with Crippen LogP contribution < -0.4 is 10.1 Å². The molecule has 11 nitrogen and oxygen atoms in total. The van der Waals surface area contributed by atoms with Crippen LogP contribution in [0, 0.1) is 0 Å². The molecule has 1 aromatic rings. The molecule has 0 unspecified atom stereocenters. The van der Waals surface area contributed by atoms with Crippen LogP contribution in [0.2, 0.25) is 0 Å². The van der Waals surface area contributed by atoms with E-state index in [4.69, 9.17) is 23.7 Å². The molecule has 34 heavy (non-hydrogen) atoms. The highest BCUT2D eigenvalue weighted by Gasteiger charge is 2.37. The number of carbonyl (C=O) groups is 5. The number of hydrogen-bond donors (Lipinski definition) is 1. The zero-order chi connectivity index (χ0) is 25.7. The number of benzene rings is 1. The first-order valence-electron chi connectivity index (χ1n) is 10.3. The fraction of sp³-hybridized carbons (Fsp3) is 0.500. The lowest BCUT2D eigenvalue weighted by atomic mass is 10.0. The second kappa shape index (κ2) is 14.9. The highest BCUT2D eigenvalue weighted by molar-refractivity contribution is 9.10. The van der Waals surface area contributed by atoms with Crippen molar-refractivity contribution in [2.24, 2.45) is 0 Å². The fourth-order valence-electron chi connectivity index (χ4n) is 2.79. The predicted octanol–water partition coefficient (Wildman–Crippen LogP) is 1.69. The minimum absolute atomic E-state index is 0.0461. The van der Waals surface area contributed by atoms with Crippen LogP contribution in [0.5, 0.6) is 5.75 Å². The molecule has 0 aromatic heterocycles. The van der Waals surface area contributed by atoms with E-state index in [1.54, 1.807) is 24.3 Å². The minimum Gasteiger partial charge on any atom is -0.484 e. The molecule has 0 saturated heterocycles. The van der Waals surface area contributed by atoms with Gasteiger partial charge in [0.25, 0.3) is 5.91 Å². The number of ether oxygens (including phenoxy) is 5. The molecule has 0 aliphatic heterocycles. The Balaban J connectivity index is 2.93. The SMILES string of the molecule is CC(=O)OCC[C@H](OC(C)=O)[C@@H](OC(C)=O)[C@@H](CNC(=O)COc1ccc(Br)cc1)OC(C)=O. The standard InChI is InChI=1S/C22H28BrNO10/c1-13(25)30-10-9-19(32-14(2)26)22(34-16(4)28)20(33-15(3)27)11-24-21(29)12-31-18-7-5-17(23)6-8-18/h5-8,19-20,22H,9-12H2,1-4H3,(H,24,29)/t19-,20+,22+/m0/s1. The summed E-state index contributed by atoms with van der Waals surface area (Å²) in [7, 11) is 0. The van der Waals surface area contributed by atoms with E-state index in [0.29, 0.717) is 5.75 Å². The van der Waals surface area contributed by atoms with Crippen molar-refractivity contribution < 1.29 is 47.7 Å². The van der Waals surface area contributed by atoms with Crippen LogP contribution in [0.1, 0.15) is 34.1 Å². The van der Waals surface area contributed by atoms with Gasteiger partial charge in [-0.1, -0.05) is 15.9 Å². The Kier molecular flexibility index (Phi) is 12.6. The maximum atomic E-state index is 12.3. The van der Waals surface area contributed by atoms with E-state index in [1.807, 2.05) is 0 Å². The molecular formula is C22H28BrNO10. The Morgan fingerprint density at radius 2 is 1.38 bits per heavy atom. The number of carbonyl (C=O) groups excluding carboxylic acids is 5. The Morgan fingerprint density at radius 1 is 0.824 bits per heavy atom. The summed E-state index contributed by atoms with van der Waals surface area (Å²) in [6.45, 7) is 3.86. The number of amides is 1.